The lowest BCUT2D eigenvalue weighted by Gasteiger charge is -2.07. The quantitative estimate of drug-likeness (QED) is 0.304. The third kappa shape index (κ3) is 10.6. The first-order valence-electron chi connectivity index (χ1n) is 9.55. The molecule has 0 aromatic heterocycles. The number of carbonyl (C=O) groups is 3. The van der Waals surface area contributed by atoms with Crippen molar-refractivity contribution in [3.8, 4) is 5.75 Å². The Kier molecular flexibility index (Phi) is 11.5. The van der Waals surface area contributed by atoms with Crippen LogP contribution in [-0.4, -0.2) is 31.4 Å². The first kappa shape index (κ1) is 23.5. The molecule has 0 aliphatic carbocycles. The first-order chi connectivity index (χ1) is 13.4. The molecule has 0 unspecified atom stereocenters. The number of amides is 2. The molecule has 0 aliphatic heterocycles. The van der Waals surface area contributed by atoms with Gasteiger partial charge in [-0.3, -0.25) is 14.4 Å². The number of halogens is 2. The zero-order valence-electron chi connectivity index (χ0n) is 16.2. The smallest absolute Gasteiger partial charge is 0.311 e. The van der Waals surface area contributed by atoms with Crippen LogP contribution in [0, 0.1) is 11.6 Å². The predicted octanol–water partition coefficient (Wildman–Crippen LogP) is 3.24. The van der Waals surface area contributed by atoms with Gasteiger partial charge in [0.15, 0.2) is 11.6 Å². The maximum absolute atomic E-state index is 13.4. The van der Waals surface area contributed by atoms with Crippen LogP contribution in [-0.2, 0) is 14.4 Å². The molecular formula is C20H28F2N2O4. The average Bonchev–Trinajstić information content (AvgIpc) is 2.65. The Morgan fingerprint density at radius 3 is 2.29 bits per heavy atom. The summed E-state index contributed by atoms with van der Waals surface area (Å²) in [6, 6.07) is 2.69. The van der Waals surface area contributed by atoms with Crippen LogP contribution in [0.3, 0.4) is 0 Å². The molecule has 28 heavy (non-hydrogen) atoms. The van der Waals surface area contributed by atoms with Crippen LogP contribution in [0.4, 0.5) is 8.78 Å². The number of hydrogen-bond donors (Lipinski definition) is 2. The number of rotatable bonds is 13. The van der Waals surface area contributed by atoms with Crippen molar-refractivity contribution < 1.29 is 27.9 Å². The van der Waals surface area contributed by atoms with E-state index in [2.05, 4.69) is 10.6 Å². The number of nitrogens with one attached hydrogen (secondary N) is 2. The highest BCUT2D eigenvalue weighted by molar-refractivity contribution is 5.77. The summed E-state index contributed by atoms with van der Waals surface area (Å²) in [5.41, 5.74) is 0. The van der Waals surface area contributed by atoms with Crippen LogP contribution in [0.5, 0.6) is 5.75 Å². The summed E-state index contributed by atoms with van der Waals surface area (Å²) in [6.07, 6.45) is 5.67. The molecule has 0 saturated heterocycles. The molecular weight excluding hydrogens is 370 g/mol. The summed E-state index contributed by atoms with van der Waals surface area (Å²) in [6.45, 7) is 0.569. The summed E-state index contributed by atoms with van der Waals surface area (Å²) in [7, 11) is 1.62. The highest BCUT2D eigenvalue weighted by Gasteiger charge is 2.11. The van der Waals surface area contributed by atoms with Crippen LogP contribution in [0.25, 0.3) is 0 Å². The summed E-state index contributed by atoms with van der Waals surface area (Å²) in [4.78, 5) is 34.4. The van der Waals surface area contributed by atoms with E-state index in [1.807, 2.05) is 0 Å². The van der Waals surface area contributed by atoms with Crippen molar-refractivity contribution in [2.24, 2.45) is 0 Å². The number of esters is 1. The van der Waals surface area contributed by atoms with Crippen molar-refractivity contribution in [3.63, 3.8) is 0 Å². The zero-order chi connectivity index (χ0) is 20.8. The average molecular weight is 398 g/mol. The number of carbonyl (C=O) groups excluding carboxylic acids is 3. The van der Waals surface area contributed by atoms with Gasteiger partial charge in [-0.2, -0.15) is 0 Å². The molecule has 0 fully saturated rings. The summed E-state index contributed by atoms with van der Waals surface area (Å²) in [5.74, 6) is -2.79. The molecule has 0 atom stereocenters. The van der Waals surface area contributed by atoms with Crippen LogP contribution in [0.1, 0.15) is 57.8 Å². The Morgan fingerprint density at radius 1 is 0.893 bits per heavy atom. The molecule has 1 aromatic carbocycles. The molecule has 156 valence electrons. The molecule has 2 N–H and O–H groups in total. The molecule has 0 saturated carbocycles. The van der Waals surface area contributed by atoms with E-state index in [1.165, 1.54) is 0 Å². The molecule has 0 aliphatic rings. The fraction of sp³-hybridized carbons (Fsp3) is 0.550. The minimum atomic E-state index is -0.945. The maximum atomic E-state index is 13.4. The lowest BCUT2D eigenvalue weighted by Crippen LogP contribution is -2.24. The van der Waals surface area contributed by atoms with Gasteiger partial charge in [0, 0.05) is 38.9 Å². The third-order valence-corrected chi connectivity index (χ3v) is 4.08. The number of unbranched alkanes of at least 4 members (excludes halogenated alkanes) is 4. The van der Waals surface area contributed by atoms with Gasteiger partial charge in [0.05, 0.1) is 0 Å². The van der Waals surface area contributed by atoms with Crippen molar-refractivity contribution >= 4 is 17.8 Å². The third-order valence-electron chi connectivity index (χ3n) is 4.08. The highest BCUT2D eigenvalue weighted by atomic mass is 19.1. The van der Waals surface area contributed by atoms with Crippen LogP contribution in [0.2, 0.25) is 0 Å². The van der Waals surface area contributed by atoms with Gasteiger partial charge in [-0.15, -0.1) is 0 Å². The molecule has 0 spiro atoms. The number of hydrogen-bond acceptors (Lipinski definition) is 4. The second-order valence-corrected chi connectivity index (χ2v) is 6.44. The highest BCUT2D eigenvalue weighted by Crippen LogP contribution is 2.18. The van der Waals surface area contributed by atoms with E-state index in [9.17, 15) is 23.2 Å². The normalized spacial score (nSPS) is 10.4. The molecule has 1 rings (SSSR count). The van der Waals surface area contributed by atoms with Crippen molar-refractivity contribution in [2.45, 2.75) is 57.8 Å². The van der Waals surface area contributed by atoms with Gasteiger partial charge in [-0.05, 0) is 31.4 Å². The van der Waals surface area contributed by atoms with E-state index in [0.29, 0.717) is 19.0 Å². The van der Waals surface area contributed by atoms with Crippen molar-refractivity contribution in [3.05, 3.63) is 29.8 Å². The Balaban J connectivity index is 2.03. The van der Waals surface area contributed by atoms with Crippen LogP contribution >= 0.6 is 0 Å². The van der Waals surface area contributed by atoms with Gasteiger partial charge in [0.1, 0.15) is 5.82 Å². The Labute approximate surface area is 164 Å². The molecule has 8 heteroatoms. The minimum absolute atomic E-state index is 0.0322. The topological polar surface area (TPSA) is 84.5 Å². The van der Waals surface area contributed by atoms with Crippen molar-refractivity contribution in [1.29, 1.82) is 0 Å². The molecule has 0 bridgehead atoms. The maximum Gasteiger partial charge on any atom is 0.311 e. The van der Waals surface area contributed by atoms with Gasteiger partial charge in [0.25, 0.3) is 0 Å². The van der Waals surface area contributed by atoms with Gasteiger partial charge >= 0.3 is 5.97 Å². The fourth-order valence-corrected chi connectivity index (χ4v) is 2.51. The minimum Gasteiger partial charge on any atom is -0.423 e. The van der Waals surface area contributed by atoms with Crippen molar-refractivity contribution in [2.75, 3.05) is 13.6 Å². The molecule has 2 amide bonds. The van der Waals surface area contributed by atoms with Crippen LogP contribution < -0.4 is 15.4 Å². The van der Waals surface area contributed by atoms with Gasteiger partial charge in [-0.25, -0.2) is 8.78 Å². The Bertz CT molecular complexity index is 653. The van der Waals surface area contributed by atoms with E-state index in [-0.39, 0.29) is 36.8 Å². The van der Waals surface area contributed by atoms with Gasteiger partial charge < -0.3 is 15.4 Å². The zero-order valence-corrected chi connectivity index (χ0v) is 16.2. The standard InChI is InChI=1S/C20H28F2N2O4/c1-23-18(25)8-5-3-2-4-6-13-24-19(26)9-7-10-20(27)28-17-12-11-15(21)14-16(17)22/h11-12,14H,2-10,13H2,1H3,(H,23,25)(H,24,26). The van der Waals surface area contributed by atoms with E-state index in [0.717, 1.165) is 44.2 Å². The largest absolute Gasteiger partial charge is 0.423 e. The van der Waals surface area contributed by atoms with Gasteiger partial charge in [0.2, 0.25) is 11.8 Å². The van der Waals surface area contributed by atoms with Crippen LogP contribution in [0.15, 0.2) is 18.2 Å². The summed E-state index contributed by atoms with van der Waals surface area (Å²) < 4.78 is 31.0. The molecule has 0 radical (unpaired) electrons. The molecule has 1 aromatic rings. The lowest BCUT2D eigenvalue weighted by molar-refractivity contribution is -0.134. The molecule has 0 heterocycles. The monoisotopic (exact) mass is 398 g/mol. The summed E-state index contributed by atoms with van der Waals surface area (Å²) in [5, 5.41) is 5.37. The Morgan fingerprint density at radius 2 is 1.57 bits per heavy atom. The van der Waals surface area contributed by atoms with Crippen molar-refractivity contribution in [1.82, 2.24) is 10.6 Å². The van der Waals surface area contributed by atoms with E-state index < -0.39 is 17.6 Å². The van der Waals surface area contributed by atoms with E-state index in [4.69, 9.17) is 4.74 Å². The van der Waals surface area contributed by atoms with E-state index in [1.54, 1.807) is 7.05 Å². The summed E-state index contributed by atoms with van der Waals surface area (Å²) >= 11 is 0. The lowest BCUT2D eigenvalue weighted by atomic mass is 10.1. The van der Waals surface area contributed by atoms with Gasteiger partial charge in [-0.1, -0.05) is 19.3 Å². The van der Waals surface area contributed by atoms with E-state index >= 15 is 0 Å². The number of benzene rings is 1. The number of ether oxygens (including phenoxy) is 1. The fourth-order valence-electron chi connectivity index (χ4n) is 2.51. The first-order valence-corrected chi connectivity index (χ1v) is 9.55. The Hall–Kier alpha value is -2.51. The second-order valence-electron chi connectivity index (χ2n) is 6.44. The predicted molar refractivity (Wildman–Crippen MR) is 101 cm³/mol. The molecule has 6 nitrogen and oxygen atoms in total. The SMILES string of the molecule is CNC(=O)CCCCCCCNC(=O)CCCC(=O)Oc1ccc(F)cc1F. The second kappa shape index (κ2) is 13.6.